The summed E-state index contributed by atoms with van der Waals surface area (Å²) in [7, 11) is 0. The Morgan fingerprint density at radius 1 is 1.55 bits per heavy atom. The lowest BCUT2D eigenvalue weighted by atomic mass is 10.1. The number of hydrogen-bond donors (Lipinski definition) is 3. The minimum absolute atomic E-state index is 0.0966. The molecule has 2 amide bonds. The van der Waals surface area contributed by atoms with Gasteiger partial charge in [-0.15, -0.1) is 0 Å². The van der Waals surface area contributed by atoms with Gasteiger partial charge in [-0.1, -0.05) is 6.07 Å². The molecule has 0 aliphatic rings. The Morgan fingerprint density at radius 3 is 2.95 bits per heavy atom. The standard InChI is InChI=1S/C13H19N3O4/c1-13(8-17,9-20-10-18)16-12(19)15-7-5-11-4-2-3-6-14-11/h2-4,6,10,17H,5,7-9H2,1H3,(H2,15,16,19). The Bertz CT molecular complexity index is 427. The molecule has 3 N–H and O–H groups in total. The summed E-state index contributed by atoms with van der Waals surface area (Å²) >= 11 is 0. The van der Waals surface area contributed by atoms with Crippen molar-refractivity contribution in [3.8, 4) is 0 Å². The first kappa shape index (κ1) is 15.9. The molecule has 1 rings (SSSR count). The molecule has 0 aliphatic carbocycles. The Morgan fingerprint density at radius 2 is 2.35 bits per heavy atom. The van der Waals surface area contributed by atoms with Gasteiger partial charge in [-0.3, -0.25) is 9.78 Å². The van der Waals surface area contributed by atoms with E-state index in [1.165, 1.54) is 0 Å². The third kappa shape index (κ3) is 5.66. The summed E-state index contributed by atoms with van der Waals surface area (Å²) in [5, 5.41) is 14.4. The van der Waals surface area contributed by atoms with Crippen LogP contribution in [0.15, 0.2) is 24.4 Å². The zero-order valence-corrected chi connectivity index (χ0v) is 11.3. The van der Waals surface area contributed by atoms with Crippen LogP contribution < -0.4 is 10.6 Å². The quantitative estimate of drug-likeness (QED) is 0.575. The van der Waals surface area contributed by atoms with Gasteiger partial charge in [-0.25, -0.2) is 4.79 Å². The molecule has 110 valence electrons. The molecule has 1 aromatic heterocycles. The summed E-state index contributed by atoms with van der Waals surface area (Å²) in [4.78, 5) is 26.0. The smallest absolute Gasteiger partial charge is 0.315 e. The van der Waals surface area contributed by atoms with Crippen LogP contribution in [0.3, 0.4) is 0 Å². The van der Waals surface area contributed by atoms with Crippen LogP contribution in [0.1, 0.15) is 12.6 Å². The Kier molecular flexibility index (Phi) is 6.45. The lowest BCUT2D eigenvalue weighted by Gasteiger charge is -2.27. The topological polar surface area (TPSA) is 101 Å². The largest absolute Gasteiger partial charge is 0.465 e. The van der Waals surface area contributed by atoms with Crippen LogP contribution in [0.2, 0.25) is 0 Å². The van der Waals surface area contributed by atoms with E-state index < -0.39 is 11.6 Å². The molecule has 7 heteroatoms. The fourth-order valence-electron chi connectivity index (χ4n) is 1.51. The number of pyridine rings is 1. The molecule has 1 heterocycles. The highest BCUT2D eigenvalue weighted by Crippen LogP contribution is 2.02. The van der Waals surface area contributed by atoms with E-state index in [-0.39, 0.29) is 19.7 Å². The van der Waals surface area contributed by atoms with Crippen LogP contribution in [0.4, 0.5) is 4.79 Å². The third-order valence-electron chi connectivity index (χ3n) is 2.63. The van der Waals surface area contributed by atoms with Crippen LogP contribution in [0, 0.1) is 0 Å². The number of rotatable bonds is 8. The molecular weight excluding hydrogens is 262 g/mol. The second-order valence-corrected chi connectivity index (χ2v) is 4.58. The predicted octanol–water partition coefficient (Wildman–Crippen LogP) is -0.153. The zero-order chi connectivity index (χ0) is 14.8. The SMILES string of the molecule is CC(CO)(COC=O)NC(=O)NCCc1ccccn1. The van der Waals surface area contributed by atoms with Gasteiger partial charge >= 0.3 is 6.03 Å². The molecule has 1 unspecified atom stereocenters. The molecule has 20 heavy (non-hydrogen) atoms. The van der Waals surface area contributed by atoms with Crippen molar-refractivity contribution in [3.63, 3.8) is 0 Å². The number of carbonyl (C=O) groups excluding carboxylic acids is 2. The number of aromatic nitrogens is 1. The highest BCUT2D eigenvalue weighted by atomic mass is 16.5. The van der Waals surface area contributed by atoms with Gasteiger partial charge in [0.05, 0.1) is 12.1 Å². The lowest BCUT2D eigenvalue weighted by molar-refractivity contribution is -0.131. The molecule has 7 nitrogen and oxygen atoms in total. The fourth-order valence-corrected chi connectivity index (χ4v) is 1.51. The van der Waals surface area contributed by atoms with Gasteiger partial charge in [0.25, 0.3) is 6.47 Å². The first-order chi connectivity index (χ1) is 9.59. The Hall–Kier alpha value is -2.15. The molecule has 0 fully saturated rings. The molecule has 0 saturated carbocycles. The maximum atomic E-state index is 11.7. The number of nitrogens with one attached hydrogen (secondary N) is 2. The van der Waals surface area contributed by atoms with Gasteiger partial charge in [0.15, 0.2) is 0 Å². The van der Waals surface area contributed by atoms with E-state index in [9.17, 15) is 14.7 Å². The van der Waals surface area contributed by atoms with E-state index >= 15 is 0 Å². The van der Waals surface area contributed by atoms with E-state index in [2.05, 4.69) is 20.4 Å². The number of aliphatic hydroxyl groups excluding tert-OH is 1. The molecular formula is C13H19N3O4. The number of urea groups is 1. The van der Waals surface area contributed by atoms with E-state index in [1.807, 2.05) is 18.2 Å². The lowest BCUT2D eigenvalue weighted by Crippen LogP contribution is -2.55. The second kappa shape index (κ2) is 8.11. The highest BCUT2D eigenvalue weighted by molar-refractivity contribution is 5.74. The predicted molar refractivity (Wildman–Crippen MR) is 72.0 cm³/mol. The maximum Gasteiger partial charge on any atom is 0.315 e. The average molecular weight is 281 g/mol. The first-order valence-corrected chi connectivity index (χ1v) is 6.22. The normalized spacial score (nSPS) is 13.1. The molecule has 0 bridgehead atoms. The summed E-state index contributed by atoms with van der Waals surface area (Å²) in [5.74, 6) is 0. The van der Waals surface area contributed by atoms with Crippen LogP contribution in [-0.4, -0.2) is 47.9 Å². The summed E-state index contributed by atoms with van der Waals surface area (Å²) in [6.07, 6.45) is 2.30. The number of ether oxygens (including phenoxy) is 1. The van der Waals surface area contributed by atoms with Crippen molar-refractivity contribution in [2.24, 2.45) is 0 Å². The van der Waals surface area contributed by atoms with Crippen LogP contribution in [0.5, 0.6) is 0 Å². The molecule has 0 saturated heterocycles. The third-order valence-corrected chi connectivity index (χ3v) is 2.63. The number of nitrogens with zero attached hydrogens (tertiary/aromatic N) is 1. The monoisotopic (exact) mass is 281 g/mol. The highest BCUT2D eigenvalue weighted by Gasteiger charge is 2.26. The average Bonchev–Trinajstić information content (AvgIpc) is 2.46. The van der Waals surface area contributed by atoms with Crippen molar-refractivity contribution in [1.29, 1.82) is 0 Å². The van der Waals surface area contributed by atoms with Gasteiger partial charge in [-0.2, -0.15) is 0 Å². The van der Waals surface area contributed by atoms with Gasteiger partial charge < -0.3 is 20.5 Å². The summed E-state index contributed by atoms with van der Waals surface area (Å²) in [6.45, 7) is 1.83. The molecule has 1 aromatic rings. The second-order valence-electron chi connectivity index (χ2n) is 4.58. The molecule has 1 atom stereocenters. The van der Waals surface area contributed by atoms with Crippen molar-refractivity contribution in [2.45, 2.75) is 18.9 Å². The van der Waals surface area contributed by atoms with Crippen molar-refractivity contribution in [2.75, 3.05) is 19.8 Å². The molecule has 0 aliphatic heterocycles. The summed E-state index contributed by atoms with van der Waals surface area (Å²) in [5.41, 5.74) is -0.127. The molecule has 0 spiro atoms. The number of hydrogen-bond acceptors (Lipinski definition) is 5. The number of carbonyl (C=O) groups is 2. The zero-order valence-electron chi connectivity index (χ0n) is 11.3. The van der Waals surface area contributed by atoms with Crippen LogP contribution in [-0.2, 0) is 16.0 Å². The minimum atomic E-state index is -1.00. The van der Waals surface area contributed by atoms with E-state index in [1.54, 1.807) is 13.1 Å². The summed E-state index contributed by atoms with van der Waals surface area (Å²) in [6, 6.07) is 5.13. The van der Waals surface area contributed by atoms with Gasteiger partial charge in [0.1, 0.15) is 6.61 Å². The maximum absolute atomic E-state index is 11.7. The summed E-state index contributed by atoms with van der Waals surface area (Å²) < 4.78 is 4.57. The van der Waals surface area contributed by atoms with Gasteiger partial charge in [0.2, 0.25) is 0 Å². The van der Waals surface area contributed by atoms with E-state index in [0.717, 1.165) is 5.69 Å². The van der Waals surface area contributed by atoms with Crippen molar-refractivity contribution in [3.05, 3.63) is 30.1 Å². The van der Waals surface area contributed by atoms with Crippen LogP contribution in [0.25, 0.3) is 0 Å². The Labute approximate surface area is 117 Å². The Balaban J connectivity index is 2.33. The number of amides is 2. The van der Waals surface area contributed by atoms with Crippen molar-refractivity contribution < 1.29 is 19.4 Å². The first-order valence-electron chi connectivity index (χ1n) is 6.22. The molecule has 0 aromatic carbocycles. The minimum Gasteiger partial charge on any atom is -0.465 e. The van der Waals surface area contributed by atoms with Gasteiger partial charge in [0, 0.05) is 24.9 Å². The van der Waals surface area contributed by atoms with Crippen molar-refractivity contribution >= 4 is 12.5 Å². The van der Waals surface area contributed by atoms with Crippen LogP contribution >= 0.6 is 0 Å². The number of aliphatic hydroxyl groups is 1. The van der Waals surface area contributed by atoms with Gasteiger partial charge in [-0.05, 0) is 19.1 Å². The van der Waals surface area contributed by atoms with E-state index in [0.29, 0.717) is 13.0 Å². The van der Waals surface area contributed by atoms with Crippen molar-refractivity contribution in [1.82, 2.24) is 15.6 Å². The molecule has 0 radical (unpaired) electrons. The van der Waals surface area contributed by atoms with E-state index in [4.69, 9.17) is 0 Å². The fraction of sp³-hybridized carbons (Fsp3) is 0.462.